The van der Waals surface area contributed by atoms with Crippen molar-refractivity contribution in [3.63, 3.8) is 0 Å². The number of carboxylic acids is 1. The first-order valence-electron chi connectivity index (χ1n) is 4.52. The van der Waals surface area contributed by atoms with Crippen LogP contribution in [0.25, 0.3) is 0 Å². The molecule has 0 saturated carbocycles. The Balaban J connectivity index is 2.99. The molecule has 0 bridgehead atoms. The lowest BCUT2D eigenvalue weighted by Gasteiger charge is -2.08. The molecule has 0 aliphatic carbocycles. The van der Waals surface area contributed by atoms with Crippen LogP contribution in [0.3, 0.4) is 0 Å². The Morgan fingerprint density at radius 2 is 2.36 bits per heavy atom. The first kappa shape index (κ1) is 10.6. The smallest absolute Gasteiger partial charge is 0.309 e. The van der Waals surface area contributed by atoms with Crippen LogP contribution in [0.15, 0.2) is 6.07 Å². The molecule has 0 aliphatic heterocycles. The van der Waals surface area contributed by atoms with Crippen LogP contribution < -0.4 is 5.32 Å². The zero-order valence-electron chi connectivity index (χ0n) is 8.61. The van der Waals surface area contributed by atoms with Gasteiger partial charge < -0.3 is 10.4 Å². The number of nitrogens with zero attached hydrogens (tertiary/aromatic N) is 2. The largest absolute Gasteiger partial charge is 0.481 e. The molecule has 0 radical (unpaired) electrons. The van der Waals surface area contributed by atoms with Crippen LogP contribution in [0.1, 0.15) is 25.6 Å². The second kappa shape index (κ2) is 4.13. The number of aromatic nitrogens is 2. The van der Waals surface area contributed by atoms with Crippen LogP contribution in [-0.2, 0) is 11.2 Å². The Morgan fingerprint density at radius 3 is 2.79 bits per heavy atom. The number of carboxylic acid groups (broad SMARTS) is 1. The zero-order valence-corrected chi connectivity index (χ0v) is 8.61. The minimum absolute atomic E-state index is 0.00681. The molecule has 1 aromatic heterocycles. The van der Waals surface area contributed by atoms with Crippen LogP contribution >= 0.6 is 0 Å². The van der Waals surface area contributed by atoms with Crippen molar-refractivity contribution in [3.8, 4) is 0 Å². The third kappa shape index (κ3) is 2.25. The van der Waals surface area contributed by atoms with E-state index >= 15 is 0 Å². The van der Waals surface area contributed by atoms with Crippen LogP contribution in [0.4, 0.5) is 5.82 Å². The highest BCUT2D eigenvalue weighted by Gasteiger charge is 2.12. The summed E-state index contributed by atoms with van der Waals surface area (Å²) in [6, 6.07) is 1.93. The lowest BCUT2D eigenvalue weighted by molar-refractivity contribution is -0.136. The van der Waals surface area contributed by atoms with E-state index in [0.29, 0.717) is 5.82 Å². The molecule has 5 nitrogen and oxygen atoms in total. The predicted molar refractivity (Wildman–Crippen MR) is 53.5 cm³/mol. The van der Waals surface area contributed by atoms with Crippen molar-refractivity contribution in [2.75, 3.05) is 12.4 Å². The fourth-order valence-corrected chi connectivity index (χ4v) is 1.29. The Bertz CT molecular complexity index is 331. The predicted octanol–water partition coefficient (Wildman–Crippen LogP) is 1.13. The van der Waals surface area contributed by atoms with E-state index in [9.17, 15) is 4.79 Å². The van der Waals surface area contributed by atoms with Crippen molar-refractivity contribution in [1.82, 2.24) is 9.78 Å². The van der Waals surface area contributed by atoms with E-state index in [1.165, 1.54) is 0 Å². The second-order valence-corrected chi connectivity index (χ2v) is 3.38. The lowest BCUT2D eigenvalue weighted by atomic mass is 10.3. The number of nitrogens with one attached hydrogen (secondary N) is 1. The highest BCUT2D eigenvalue weighted by Crippen LogP contribution is 2.14. The van der Waals surface area contributed by atoms with Crippen LogP contribution in [0, 0.1) is 0 Å². The van der Waals surface area contributed by atoms with Gasteiger partial charge in [-0.2, -0.15) is 5.10 Å². The lowest BCUT2D eigenvalue weighted by Crippen LogP contribution is -2.11. The minimum Gasteiger partial charge on any atom is -0.481 e. The number of aliphatic carboxylic acids is 1. The summed E-state index contributed by atoms with van der Waals surface area (Å²) in [5.74, 6) is -0.135. The van der Waals surface area contributed by atoms with Crippen molar-refractivity contribution in [3.05, 3.63) is 11.8 Å². The number of hydrogen-bond acceptors (Lipinski definition) is 3. The molecule has 0 aromatic carbocycles. The monoisotopic (exact) mass is 197 g/mol. The molecule has 0 unspecified atom stereocenters. The summed E-state index contributed by atoms with van der Waals surface area (Å²) in [5.41, 5.74) is 0.719. The van der Waals surface area contributed by atoms with Gasteiger partial charge in [0.05, 0.1) is 12.1 Å². The van der Waals surface area contributed by atoms with E-state index < -0.39 is 5.97 Å². The Kier molecular flexibility index (Phi) is 3.11. The summed E-state index contributed by atoms with van der Waals surface area (Å²) in [7, 11) is 1.76. The number of rotatable bonds is 4. The highest BCUT2D eigenvalue weighted by molar-refractivity contribution is 5.70. The molecule has 0 aliphatic rings. The van der Waals surface area contributed by atoms with Crippen molar-refractivity contribution >= 4 is 11.8 Å². The van der Waals surface area contributed by atoms with E-state index in [1.54, 1.807) is 17.8 Å². The van der Waals surface area contributed by atoms with Crippen LogP contribution in [0.5, 0.6) is 0 Å². The summed E-state index contributed by atoms with van der Waals surface area (Å²) < 4.78 is 1.72. The fourth-order valence-electron chi connectivity index (χ4n) is 1.29. The SMILES string of the molecule is CNc1cc(CC(=O)O)n(C(C)C)n1. The molecule has 1 aromatic rings. The number of hydrogen-bond donors (Lipinski definition) is 2. The van der Waals surface area contributed by atoms with Gasteiger partial charge in [-0.1, -0.05) is 0 Å². The van der Waals surface area contributed by atoms with E-state index in [4.69, 9.17) is 5.11 Å². The normalized spacial score (nSPS) is 10.6. The maximum atomic E-state index is 10.6. The summed E-state index contributed by atoms with van der Waals surface area (Å²) in [5, 5.41) is 15.8. The van der Waals surface area contributed by atoms with Gasteiger partial charge in [-0.3, -0.25) is 9.48 Å². The van der Waals surface area contributed by atoms with Gasteiger partial charge in [-0.05, 0) is 13.8 Å². The Hall–Kier alpha value is -1.52. The van der Waals surface area contributed by atoms with E-state index in [0.717, 1.165) is 5.69 Å². The average molecular weight is 197 g/mol. The van der Waals surface area contributed by atoms with Crippen LogP contribution in [0.2, 0.25) is 0 Å². The van der Waals surface area contributed by atoms with E-state index in [1.807, 2.05) is 13.8 Å². The summed E-state index contributed by atoms with van der Waals surface area (Å²) >= 11 is 0. The van der Waals surface area contributed by atoms with Crippen LogP contribution in [-0.4, -0.2) is 27.9 Å². The molecular formula is C9H15N3O2. The molecule has 0 saturated heterocycles. The van der Waals surface area contributed by atoms with E-state index in [-0.39, 0.29) is 12.5 Å². The average Bonchev–Trinajstić information content (AvgIpc) is 2.46. The van der Waals surface area contributed by atoms with Gasteiger partial charge in [0.15, 0.2) is 0 Å². The minimum atomic E-state index is -0.838. The molecule has 14 heavy (non-hydrogen) atoms. The van der Waals surface area contributed by atoms with Gasteiger partial charge in [0, 0.05) is 19.2 Å². The molecule has 5 heteroatoms. The maximum Gasteiger partial charge on any atom is 0.309 e. The van der Waals surface area contributed by atoms with Gasteiger partial charge in [-0.25, -0.2) is 0 Å². The maximum absolute atomic E-state index is 10.6. The van der Waals surface area contributed by atoms with Gasteiger partial charge in [0.25, 0.3) is 0 Å². The van der Waals surface area contributed by atoms with Gasteiger partial charge in [0.2, 0.25) is 0 Å². The van der Waals surface area contributed by atoms with Crippen molar-refractivity contribution in [2.24, 2.45) is 0 Å². The van der Waals surface area contributed by atoms with Crippen molar-refractivity contribution in [1.29, 1.82) is 0 Å². The van der Waals surface area contributed by atoms with Gasteiger partial charge >= 0.3 is 5.97 Å². The third-order valence-electron chi connectivity index (χ3n) is 1.89. The van der Waals surface area contributed by atoms with Crippen molar-refractivity contribution < 1.29 is 9.90 Å². The van der Waals surface area contributed by atoms with Gasteiger partial charge in [0.1, 0.15) is 5.82 Å². The highest BCUT2D eigenvalue weighted by atomic mass is 16.4. The standard InChI is InChI=1S/C9H15N3O2/c1-6(2)12-7(5-9(13)14)4-8(10-3)11-12/h4,6H,5H2,1-3H3,(H,10,11)(H,13,14). The molecule has 1 heterocycles. The number of carbonyl (C=O) groups is 1. The first-order chi connectivity index (χ1) is 6.54. The number of anilines is 1. The van der Waals surface area contributed by atoms with E-state index in [2.05, 4.69) is 10.4 Å². The topological polar surface area (TPSA) is 67.2 Å². The summed E-state index contributed by atoms with van der Waals surface area (Å²) in [6.45, 7) is 3.94. The molecule has 0 fully saturated rings. The zero-order chi connectivity index (χ0) is 10.7. The second-order valence-electron chi connectivity index (χ2n) is 3.38. The third-order valence-corrected chi connectivity index (χ3v) is 1.89. The molecule has 2 N–H and O–H groups in total. The van der Waals surface area contributed by atoms with Crippen molar-refractivity contribution in [2.45, 2.75) is 26.3 Å². The molecule has 0 atom stereocenters. The fraction of sp³-hybridized carbons (Fsp3) is 0.556. The molecule has 0 spiro atoms. The summed E-state index contributed by atoms with van der Waals surface area (Å²) in [6.07, 6.45) is 0.00681. The Labute approximate surface area is 82.7 Å². The van der Waals surface area contributed by atoms with Gasteiger partial charge in [-0.15, -0.1) is 0 Å². The molecular weight excluding hydrogens is 182 g/mol. The Morgan fingerprint density at radius 1 is 1.71 bits per heavy atom. The quantitative estimate of drug-likeness (QED) is 0.759. The molecule has 1 rings (SSSR count). The molecule has 78 valence electrons. The first-order valence-corrected chi connectivity index (χ1v) is 4.52. The summed E-state index contributed by atoms with van der Waals surface area (Å²) in [4.78, 5) is 10.6. The molecule has 0 amide bonds.